The number of benzene rings is 9. The van der Waals surface area contributed by atoms with Crippen molar-refractivity contribution >= 4 is 32.7 Å². The first-order chi connectivity index (χ1) is 26.9. The third kappa shape index (κ3) is 3.98. The second kappa shape index (κ2) is 11.4. The average Bonchev–Trinajstić information content (AvgIpc) is 3.75. The van der Waals surface area contributed by atoms with Crippen molar-refractivity contribution in [3.05, 3.63) is 204 Å². The van der Waals surface area contributed by atoms with Crippen LogP contribution in [-0.2, 0) is 0 Å². The summed E-state index contributed by atoms with van der Waals surface area (Å²) in [5, 5.41) is 8.16. The van der Waals surface area contributed by atoms with E-state index in [2.05, 4.69) is 182 Å². The van der Waals surface area contributed by atoms with Crippen molar-refractivity contribution in [1.29, 1.82) is 0 Å². The summed E-state index contributed by atoms with van der Waals surface area (Å²) in [6, 6.07) is 67.6. The predicted molar refractivity (Wildman–Crippen MR) is 228 cm³/mol. The van der Waals surface area contributed by atoms with Gasteiger partial charge >= 0.3 is 0 Å². The highest BCUT2D eigenvalue weighted by Crippen LogP contribution is 2.55. The SMILES string of the molecule is c1ccc(-c2c3c(c(-c4ccccc4)c4ccccc24)-c2ccc4c5c2=C3CCC=5c2c-4c(-c3ccccc3)c3ccccc3c2-c2ccccc2)cc1. The first-order valence-electron chi connectivity index (χ1n) is 19.2. The van der Waals surface area contributed by atoms with Gasteiger partial charge in [-0.3, -0.25) is 0 Å². The molecule has 0 heteroatoms. The van der Waals surface area contributed by atoms with Crippen LogP contribution in [0.4, 0.5) is 0 Å². The first-order valence-corrected chi connectivity index (χ1v) is 19.2. The van der Waals surface area contributed by atoms with Gasteiger partial charge in [-0.25, -0.2) is 0 Å². The maximum Gasteiger partial charge on any atom is -0.00108 e. The van der Waals surface area contributed by atoms with Crippen molar-refractivity contribution in [3.8, 4) is 66.8 Å². The van der Waals surface area contributed by atoms with Crippen molar-refractivity contribution in [2.45, 2.75) is 12.8 Å². The molecule has 9 aromatic carbocycles. The van der Waals surface area contributed by atoms with Crippen LogP contribution in [0, 0.1) is 0 Å². The van der Waals surface area contributed by atoms with Gasteiger partial charge in [0.2, 0.25) is 0 Å². The zero-order valence-electron chi connectivity index (χ0n) is 29.7. The Bertz CT molecular complexity index is 2940. The van der Waals surface area contributed by atoms with Crippen LogP contribution in [-0.4, -0.2) is 0 Å². The maximum absolute atomic E-state index is 2.47. The number of hydrogen-bond donors (Lipinski definition) is 0. The molecule has 0 unspecified atom stereocenters. The Morgan fingerprint density at radius 2 is 0.481 bits per heavy atom. The molecule has 9 aromatic rings. The Morgan fingerprint density at radius 3 is 0.778 bits per heavy atom. The molecule has 0 radical (unpaired) electrons. The van der Waals surface area contributed by atoms with Crippen LogP contribution in [0.25, 0.3) is 99.5 Å². The molecule has 0 nitrogen and oxygen atoms in total. The van der Waals surface area contributed by atoms with Gasteiger partial charge in [0.15, 0.2) is 0 Å². The van der Waals surface area contributed by atoms with E-state index in [0.29, 0.717) is 0 Å². The molecule has 54 heavy (non-hydrogen) atoms. The van der Waals surface area contributed by atoms with Gasteiger partial charge in [-0.05, 0) is 134 Å². The minimum absolute atomic E-state index is 0.999. The second-order valence-electron chi connectivity index (χ2n) is 14.9. The largest absolute Gasteiger partial charge is 0.0622 e. The van der Waals surface area contributed by atoms with E-state index in [-0.39, 0.29) is 0 Å². The van der Waals surface area contributed by atoms with Crippen LogP contribution in [0.3, 0.4) is 0 Å². The fraction of sp³-hybridized carbons (Fsp3) is 0.0370. The molecular formula is C54H34. The first kappa shape index (κ1) is 29.8. The fourth-order valence-corrected chi connectivity index (χ4v) is 10.3. The van der Waals surface area contributed by atoms with Crippen molar-refractivity contribution in [3.63, 3.8) is 0 Å². The van der Waals surface area contributed by atoms with Crippen molar-refractivity contribution < 1.29 is 0 Å². The highest BCUT2D eigenvalue weighted by Gasteiger charge is 2.37. The molecule has 0 bridgehead atoms. The van der Waals surface area contributed by atoms with E-state index in [4.69, 9.17) is 0 Å². The maximum atomic E-state index is 2.47. The lowest BCUT2D eigenvalue weighted by atomic mass is 9.79. The average molecular weight is 683 g/mol. The van der Waals surface area contributed by atoms with Crippen LogP contribution in [0.15, 0.2) is 182 Å². The monoisotopic (exact) mass is 682 g/mol. The molecule has 250 valence electrons. The zero-order valence-corrected chi connectivity index (χ0v) is 29.7. The summed E-state index contributed by atoms with van der Waals surface area (Å²) in [4.78, 5) is 0. The smallest absolute Gasteiger partial charge is 0.00108 e. The molecule has 0 N–H and O–H groups in total. The van der Waals surface area contributed by atoms with Gasteiger partial charge in [-0.1, -0.05) is 182 Å². The van der Waals surface area contributed by atoms with Crippen LogP contribution in [0.1, 0.15) is 24.0 Å². The minimum Gasteiger partial charge on any atom is -0.0622 e. The highest BCUT2D eigenvalue weighted by molar-refractivity contribution is 6.21. The van der Waals surface area contributed by atoms with Gasteiger partial charge in [0.1, 0.15) is 0 Å². The molecule has 0 aromatic heterocycles. The lowest BCUT2D eigenvalue weighted by Crippen LogP contribution is -2.32. The lowest BCUT2D eigenvalue weighted by Gasteiger charge is -2.23. The minimum atomic E-state index is 0.999. The number of hydrogen-bond acceptors (Lipinski definition) is 0. The molecule has 0 saturated heterocycles. The predicted octanol–water partition coefficient (Wildman–Crippen LogP) is 12.8. The van der Waals surface area contributed by atoms with Gasteiger partial charge < -0.3 is 0 Å². The van der Waals surface area contributed by atoms with E-state index < -0.39 is 0 Å². The summed E-state index contributed by atoms with van der Waals surface area (Å²) in [5.74, 6) is 0. The molecule has 0 atom stereocenters. The van der Waals surface area contributed by atoms with Gasteiger partial charge in [-0.2, -0.15) is 0 Å². The molecule has 0 spiro atoms. The lowest BCUT2D eigenvalue weighted by molar-refractivity contribution is 1.06. The van der Waals surface area contributed by atoms with Crippen LogP contribution >= 0.6 is 0 Å². The van der Waals surface area contributed by atoms with Crippen LogP contribution in [0.5, 0.6) is 0 Å². The molecule has 3 aliphatic carbocycles. The van der Waals surface area contributed by atoms with E-state index in [1.165, 1.54) is 121 Å². The van der Waals surface area contributed by atoms with Gasteiger partial charge in [-0.15, -0.1) is 0 Å². The third-order valence-corrected chi connectivity index (χ3v) is 12.3. The summed E-state index contributed by atoms with van der Waals surface area (Å²) in [7, 11) is 0. The van der Waals surface area contributed by atoms with E-state index in [1.54, 1.807) is 0 Å². The summed E-state index contributed by atoms with van der Waals surface area (Å²) in [5.41, 5.74) is 21.9. The Morgan fingerprint density at radius 1 is 0.222 bits per heavy atom. The van der Waals surface area contributed by atoms with Gasteiger partial charge in [0.05, 0.1) is 0 Å². The molecule has 3 aliphatic rings. The van der Waals surface area contributed by atoms with Crippen LogP contribution in [0.2, 0.25) is 0 Å². The number of fused-ring (bicyclic) bond motifs is 8. The summed E-state index contributed by atoms with van der Waals surface area (Å²) >= 11 is 0. The van der Waals surface area contributed by atoms with Crippen molar-refractivity contribution in [1.82, 2.24) is 0 Å². The summed E-state index contributed by atoms with van der Waals surface area (Å²) < 4.78 is 0. The zero-order chi connectivity index (χ0) is 35.3. The van der Waals surface area contributed by atoms with E-state index in [0.717, 1.165) is 12.8 Å². The Balaban J connectivity index is 1.29. The summed E-state index contributed by atoms with van der Waals surface area (Å²) in [6.07, 6.45) is 2.00. The van der Waals surface area contributed by atoms with Gasteiger partial charge in [0.25, 0.3) is 0 Å². The topological polar surface area (TPSA) is 0 Å². The van der Waals surface area contributed by atoms with Crippen molar-refractivity contribution in [2.75, 3.05) is 0 Å². The van der Waals surface area contributed by atoms with Crippen LogP contribution < -0.4 is 10.4 Å². The second-order valence-corrected chi connectivity index (χ2v) is 14.9. The van der Waals surface area contributed by atoms with E-state index in [9.17, 15) is 0 Å². The molecule has 0 amide bonds. The van der Waals surface area contributed by atoms with Crippen molar-refractivity contribution in [2.24, 2.45) is 0 Å². The normalized spacial score (nSPS) is 13.3. The Kier molecular flexibility index (Phi) is 6.27. The molecule has 12 rings (SSSR count). The van der Waals surface area contributed by atoms with E-state index in [1.807, 2.05) is 0 Å². The quantitative estimate of drug-likeness (QED) is 0.173. The number of rotatable bonds is 4. The Hall–Kier alpha value is -6.76. The third-order valence-electron chi connectivity index (χ3n) is 12.3. The summed E-state index contributed by atoms with van der Waals surface area (Å²) in [6.45, 7) is 0. The standard InChI is InChI=1S/C54H34/c1-5-17-33(18-6-1)45-37-25-13-14-26-38(37)46(34-19-7-2-8-20-34)52-42-31-32-44-50-43(30-29-41(49(42)50)51(45)52)53-47(35-21-9-3-10-22-35)39-27-15-16-28-40(39)48(54(44)53)36-23-11-4-12-24-36/h1-30H,31-32H2. The molecule has 0 heterocycles. The molecule has 0 fully saturated rings. The molecule has 0 aliphatic heterocycles. The molecular weight excluding hydrogens is 649 g/mol. The van der Waals surface area contributed by atoms with E-state index >= 15 is 0 Å². The highest BCUT2D eigenvalue weighted by atomic mass is 14.4. The Labute approximate surface area is 314 Å². The fourth-order valence-electron chi connectivity index (χ4n) is 10.3. The molecule has 0 saturated carbocycles. The van der Waals surface area contributed by atoms with Gasteiger partial charge in [0, 0.05) is 0 Å².